The molecule has 1 heterocycles. The van der Waals surface area contributed by atoms with Crippen molar-refractivity contribution in [3.05, 3.63) is 28.8 Å². The van der Waals surface area contributed by atoms with Gasteiger partial charge < -0.3 is 0 Å². The Bertz CT molecular complexity index is 412. The number of halogens is 3. The topological polar surface area (TPSA) is 53.8 Å². The molecule has 0 aliphatic rings. The maximum absolute atomic E-state index is 12.8. The van der Waals surface area contributed by atoms with E-state index in [1.54, 1.807) is 0 Å². The predicted molar refractivity (Wildman–Crippen MR) is 39.3 cm³/mol. The van der Waals surface area contributed by atoms with Crippen molar-refractivity contribution in [2.24, 2.45) is 0 Å². The summed E-state index contributed by atoms with van der Waals surface area (Å²) in [6.07, 6.45) is -2.88. The largest absolute Gasteiger partial charge is 0.296 e. The lowest BCUT2D eigenvalue weighted by molar-refractivity contribution is 0.111. The molecule has 1 rings (SSSR count). The molecule has 0 amide bonds. The third kappa shape index (κ3) is 1.71. The van der Waals surface area contributed by atoms with Gasteiger partial charge in [-0.05, 0) is 6.07 Å². The highest BCUT2D eigenvalue weighted by molar-refractivity contribution is 5.72. The van der Waals surface area contributed by atoms with Crippen LogP contribution in [-0.2, 0) is 0 Å². The molecule has 0 radical (unpaired) electrons. The molecule has 72 valence electrons. The third-order valence-electron chi connectivity index (χ3n) is 1.49. The molecule has 0 saturated carbocycles. The van der Waals surface area contributed by atoms with Crippen molar-refractivity contribution >= 4 is 6.29 Å². The number of carbonyl (C=O) groups is 1. The molecule has 1 aromatic heterocycles. The fourth-order valence-corrected chi connectivity index (χ4v) is 0.895. The molecule has 0 aromatic carbocycles. The molecule has 0 aliphatic heterocycles. The minimum Gasteiger partial charge on any atom is -0.296 e. The maximum atomic E-state index is 12.8. The average Bonchev–Trinajstić information content (AvgIpc) is 2.16. The first kappa shape index (κ1) is 10.2. The summed E-state index contributed by atoms with van der Waals surface area (Å²) in [6.45, 7) is 0. The highest BCUT2D eigenvalue weighted by atomic mass is 19.3. The fourth-order valence-electron chi connectivity index (χ4n) is 0.895. The minimum atomic E-state index is -3.01. The zero-order chi connectivity index (χ0) is 10.7. The smallest absolute Gasteiger partial charge is 0.265 e. The normalized spacial score (nSPS) is 9.93. The number of carbonyl (C=O) groups excluding carboxylic acids is 1. The van der Waals surface area contributed by atoms with Gasteiger partial charge in [-0.3, -0.25) is 4.79 Å². The first-order valence-electron chi connectivity index (χ1n) is 3.44. The molecule has 0 fully saturated rings. The summed E-state index contributed by atoms with van der Waals surface area (Å²) in [5.74, 6) is -1.35. The van der Waals surface area contributed by atoms with Gasteiger partial charge in [0.15, 0.2) is 6.29 Å². The summed E-state index contributed by atoms with van der Waals surface area (Å²) in [4.78, 5) is 13.2. The molecular formula is C8H3F3N2O. The van der Waals surface area contributed by atoms with E-state index in [1.165, 1.54) is 6.07 Å². The molecule has 0 spiro atoms. The van der Waals surface area contributed by atoms with E-state index in [0.717, 1.165) is 0 Å². The Morgan fingerprint density at radius 3 is 2.64 bits per heavy atom. The molecule has 0 N–H and O–H groups in total. The van der Waals surface area contributed by atoms with Crippen LogP contribution < -0.4 is 0 Å². The number of pyridine rings is 1. The Balaban J connectivity index is 3.45. The number of nitrogens with zero attached hydrogens (tertiary/aromatic N) is 2. The van der Waals surface area contributed by atoms with E-state index in [0.29, 0.717) is 6.07 Å². The Kier molecular flexibility index (Phi) is 2.82. The van der Waals surface area contributed by atoms with Crippen LogP contribution in [-0.4, -0.2) is 11.3 Å². The van der Waals surface area contributed by atoms with E-state index in [9.17, 15) is 18.0 Å². The molecular weight excluding hydrogens is 197 g/mol. The van der Waals surface area contributed by atoms with Gasteiger partial charge >= 0.3 is 0 Å². The predicted octanol–water partition coefficient (Wildman–Crippen LogP) is 1.84. The lowest BCUT2D eigenvalue weighted by atomic mass is 10.1. The van der Waals surface area contributed by atoms with E-state index < -0.39 is 29.2 Å². The van der Waals surface area contributed by atoms with Crippen LogP contribution in [0.5, 0.6) is 0 Å². The summed E-state index contributed by atoms with van der Waals surface area (Å²) in [7, 11) is 0. The quantitative estimate of drug-likeness (QED) is 0.540. The van der Waals surface area contributed by atoms with Crippen LogP contribution in [0.1, 0.15) is 28.0 Å². The van der Waals surface area contributed by atoms with Gasteiger partial charge in [-0.15, -0.1) is 0 Å². The molecule has 0 bridgehead atoms. The van der Waals surface area contributed by atoms with Gasteiger partial charge in [0.25, 0.3) is 6.43 Å². The first-order chi connectivity index (χ1) is 6.60. The van der Waals surface area contributed by atoms with Crippen molar-refractivity contribution < 1.29 is 18.0 Å². The number of hydrogen-bond acceptors (Lipinski definition) is 3. The monoisotopic (exact) mass is 200 g/mol. The molecule has 1 aromatic rings. The van der Waals surface area contributed by atoms with Gasteiger partial charge in [0.2, 0.25) is 5.95 Å². The Morgan fingerprint density at radius 2 is 2.21 bits per heavy atom. The third-order valence-corrected chi connectivity index (χ3v) is 1.49. The van der Waals surface area contributed by atoms with Crippen molar-refractivity contribution in [2.45, 2.75) is 6.43 Å². The van der Waals surface area contributed by atoms with Crippen molar-refractivity contribution in [1.29, 1.82) is 5.26 Å². The standard InChI is InChI=1S/C8H3F3N2O/c9-7(10)5-1-4(3-14)13-8(11)6(5)2-12/h1,3,7H. The average molecular weight is 200 g/mol. The zero-order valence-electron chi connectivity index (χ0n) is 6.67. The van der Waals surface area contributed by atoms with Crippen LogP contribution in [0.4, 0.5) is 13.2 Å². The van der Waals surface area contributed by atoms with E-state index in [1.807, 2.05) is 0 Å². The van der Waals surface area contributed by atoms with E-state index in [2.05, 4.69) is 4.98 Å². The SMILES string of the molecule is N#Cc1c(C(F)F)cc(C=O)nc1F. The molecule has 6 heteroatoms. The van der Waals surface area contributed by atoms with Crippen molar-refractivity contribution in [2.75, 3.05) is 0 Å². The van der Waals surface area contributed by atoms with Crippen LogP contribution in [0.3, 0.4) is 0 Å². The van der Waals surface area contributed by atoms with Crippen LogP contribution in [0.15, 0.2) is 6.07 Å². The molecule has 3 nitrogen and oxygen atoms in total. The summed E-state index contributed by atoms with van der Waals surface area (Å²) < 4.78 is 37.3. The van der Waals surface area contributed by atoms with Gasteiger partial charge in [-0.1, -0.05) is 0 Å². The Labute approximate surface area is 76.8 Å². The molecule has 0 unspecified atom stereocenters. The lowest BCUT2D eigenvalue weighted by Gasteiger charge is -2.03. The number of hydrogen-bond donors (Lipinski definition) is 0. The van der Waals surface area contributed by atoms with Crippen molar-refractivity contribution in [1.82, 2.24) is 4.98 Å². The second kappa shape index (κ2) is 3.87. The first-order valence-corrected chi connectivity index (χ1v) is 3.44. The summed E-state index contributed by atoms with van der Waals surface area (Å²) >= 11 is 0. The molecule has 0 saturated heterocycles. The number of alkyl halides is 2. The number of rotatable bonds is 2. The number of nitriles is 1. The maximum Gasteiger partial charge on any atom is 0.265 e. The van der Waals surface area contributed by atoms with Crippen LogP contribution in [0, 0.1) is 17.3 Å². The molecule has 0 aliphatic carbocycles. The summed E-state index contributed by atoms with van der Waals surface area (Å²) in [5, 5.41) is 8.36. The van der Waals surface area contributed by atoms with Gasteiger partial charge in [0, 0.05) is 5.56 Å². The van der Waals surface area contributed by atoms with Gasteiger partial charge in [-0.2, -0.15) is 9.65 Å². The van der Waals surface area contributed by atoms with E-state index >= 15 is 0 Å². The number of aldehydes is 1. The Morgan fingerprint density at radius 1 is 1.57 bits per heavy atom. The molecule has 0 atom stereocenters. The van der Waals surface area contributed by atoms with Crippen molar-refractivity contribution in [3.63, 3.8) is 0 Å². The fraction of sp³-hybridized carbons (Fsp3) is 0.125. The second-order valence-corrected chi connectivity index (χ2v) is 2.33. The highest BCUT2D eigenvalue weighted by Gasteiger charge is 2.19. The van der Waals surface area contributed by atoms with Gasteiger partial charge in [0.05, 0.1) is 0 Å². The van der Waals surface area contributed by atoms with E-state index in [-0.39, 0.29) is 6.29 Å². The lowest BCUT2D eigenvalue weighted by Crippen LogP contribution is -2.01. The summed E-state index contributed by atoms with van der Waals surface area (Å²) in [5.41, 5.74) is -2.11. The van der Waals surface area contributed by atoms with Crippen LogP contribution >= 0.6 is 0 Å². The Hall–Kier alpha value is -1.90. The van der Waals surface area contributed by atoms with Gasteiger partial charge in [-0.25, -0.2) is 13.8 Å². The highest BCUT2D eigenvalue weighted by Crippen LogP contribution is 2.23. The van der Waals surface area contributed by atoms with Crippen LogP contribution in [0.25, 0.3) is 0 Å². The minimum absolute atomic E-state index is 0.135. The van der Waals surface area contributed by atoms with Gasteiger partial charge in [0.1, 0.15) is 17.3 Å². The second-order valence-electron chi connectivity index (χ2n) is 2.33. The van der Waals surface area contributed by atoms with E-state index in [4.69, 9.17) is 5.26 Å². The molecule has 14 heavy (non-hydrogen) atoms. The van der Waals surface area contributed by atoms with Crippen LogP contribution in [0.2, 0.25) is 0 Å². The number of aromatic nitrogens is 1. The summed E-state index contributed by atoms with van der Waals surface area (Å²) in [6, 6.07) is 1.96. The van der Waals surface area contributed by atoms with Crippen molar-refractivity contribution in [3.8, 4) is 6.07 Å². The zero-order valence-corrected chi connectivity index (χ0v) is 6.67.